The van der Waals surface area contributed by atoms with E-state index in [1.54, 1.807) is 6.07 Å². The number of benzene rings is 3. The van der Waals surface area contributed by atoms with Gasteiger partial charge in [0.1, 0.15) is 16.7 Å². The summed E-state index contributed by atoms with van der Waals surface area (Å²) in [7, 11) is -2.75. The number of aryl methyl sites for hydroxylation is 1. The number of methoxy groups -OCH3 is 1. The van der Waals surface area contributed by atoms with E-state index < -0.39 is 22.0 Å². The topological polar surface area (TPSA) is 84.5 Å². The number of halogens is 1. The molecular weight excluding hydrogens is 448 g/mol. The Bertz CT molecular complexity index is 1180. The van der Waals surface area contributed by atoms with E-state index in [9.17, 15) is 13.2 Å². The molecule has 0 radical (unpaired) electrons. The van der Waals surface area contributed by atoms with Gasteiger partial charge in [0.2, 0.25) is 15.9 Å². The third-order valence-electron chi connectivity index (χ3n) is 4.97. The fourth-order valence-electron chi connectivity index (χ4n) is 3.32. The van der Waals surface area contributed by atoms with Crippen LogP contribution in [0.15, 0.2) is 77.7 Å². The second-order valence-corrected chi connectivity index (χ2v) is 9.28. The predicted octanol–water partition coefficient (Wildman–Crippen LogP) is 4.44. The Balaban J connectivity index is 1.94. The fraction of sp³-hybridized carbons (Fsp3) is 0.208. The van der Waals surface area contributed by atoms with Gasteiger partial charge in [-0.25, -0.2) is 8.42 Å². The number of sulfonamides is 1. The lowest BCUT2D eigenvalue weighted by atomic mass is 10.1. The highest BCUT2D eigenvalue weighted by molar-refractivity contribution is 7.89. The number of rotatable bonds is 9. The molecule has 0 aliphatic heterocycles. The summed E-state index contributed by atoms with van der Waals surface area (Å²) >= 11 is 6.02. The van der Waals surface area contributed by atoms with Gasteiger partial charge < -0.3 is 10.1 Å². The monoisotopic (exact) mass is 472 g/mol. The van der Waals surface area contributed by atoms with Crippen molar-refractivity contribution in [1.82, 2.24) is 4.72 Å². The highest BCUT2D eigenvalue weighted by atomic mass is 35.5. The summed E-state index contributed by atoms with van der Waals surface area (Å²) in [6, 6.07) is 19.9. The molecule has 0 bridgehead atoms. The van der Waals surface area contributed by atoms with Crippen LogP contribution < -0.4 is 14.8 Å². The van der Waals surface area contributed by atoms with Crippen LogP contribution in [-0.4, -0.2) is 27.5 Å². The molecule has 3 rings (SSSR count). The van der Waals surface area contributed by atoms with Gasteiger partial charge in [0, 0.05) is 10.7 Å². The molecule has 0 saturated heterocycles. The zero-order valence-electron chi connectivity index (χ0n) is 17.8. The number of nitrogens with one attached hydrogen (secondary N) is 2. The van der Waals surface area contributed by atoms with Crippen LogP contribution in [0.4, 0.5) is 5.69 Å². The van der Waals surface area contributed by atoms with E-state index in [2.05, 4.69) is 10.0 Å². The number of hydrogen-bond acceptors (Lipinski definition) is 4. The van der Waals surface area contributed by atoms with Crippen molar-refractivity contribution in [1.29, 1.82) is 0 Å². The largest absolute Gasteiger partial charge is 0.495 e. The summed E-state index contributed by atoms with van der Waals surface area (Å²) in [4.78, 5) is 13.1. The Hall–Kier alpha value is -2.87. The maximum Gasteiger partial charge on any atom is 0.245 e. The van der Waals surface area contributed by atoms with E-state index in [0.29, 0.717) is 5.69 Å². The molecule has 6 nitrogen and oxygen atoms in total. The van der Waals surface area contributed by atoms with Gasteiger partial charge in [-0.3, -0.25) is 4.79 Å². The Kier molecular flexibility index (Phi) is 7.90. The van der Waals surface area contributed by atoms with Crippen molar-refractivity contribution in [3.05, 3.63) is 88.9 Å². The third-order valence-corrected chi connectivity index (χ3v) is 6.70. The lowest BCUT2D eigenvalue weighted by Crippen LogP contribution is -2.45. The van der Waals surface area contributed by atoms with Crippen LogP contribution in [0.3, 0.4) is 0 Å². The molecule has 0 saturated carbocycles. The van der Waals surface area contributed by atoms with Gasteiger partial charge in [0.15, 0.2) is 0 Å². The van der Waals surface area contributed by atoms with E-state index in [0.717, 1.165) is 17.5 Å². The first-order valence-corrected chi connectivity index (χ1v) is 12.0. The lowest BCUT2D eigenvalue weighted by molar-refractivity contribution is -0.117. The molecule has 3 aromatic carbocycles. The molecule has 8 heteroatoms. The van der Waals surface area contributed by atoms with E-state index >= 15 is 0 Å². The summed E-state index contributed by atoms with van der Waals surface area (Å²) in [6.07, 6.45) is 0.897. The third kappa shape index (κ3) is 5.88. The Morgan fingerprint density at radius 3 is 2.41 bits per heavy atom. The van der Waals surface area contributed by atoms with Crippen molar-refractivity contribution < 1.29 is 17.9 Å². The van der Waals surface area contributed by atoms with E-state index in [4.69, 9.17) is 16.3 Å². The van der Waals surface area contributed by atoms with Crippen molar-refractivity contribution in [3.63, 3.8) is 0 Å². The van der Waals surface area contributed by atoms with Crippen molar-refractivity contribution in [2.75, 3.05) is 12.4 Å². The second-order valence-electron chi connectivity index (χ2n) is 7.16. The van der Waals surface area contributed by atoms with Gasteiger partial charge in [0.25, 0.3) is 0 Å². The highest BCUT2D eigenvalue weighted by Gasteiger charge is 2.29. The first-order chi connectivity index (χ1) is 15.3. The van der Waals surface area contributed by atoms with Crippen LogP contribution >= 0.6 is 11.6 Å². The minimum absolute atomic E-state index is 0.132. The SMILES string of the molecule is CCc1ccccc1NC(=O)C(Cc1ccccc1)NS(=O)(=O)c1cc(Cl)ccc1OC. The van der Waals surface area contributed by atoms with Crippen molar-refractivity contribution in [3.8, 4) is 5.75 Å². The van der Waals surface area contributed by atoms with Gasteiger partial charge in [-0.1, -0.05) is 67.1 Å². The standard InChI is InChI=1S/C24H25ClN2O4S/c1-3-18-11-7-8-12-20(18)26-24(28)21(15-17-9-5-4-6-10-17)27-32(29,30)23-16-19(25)13-14-22(23)31-2/h4-14,16,21,27H,3,15H2,1-2H3,(H,26,28). The average molecular weight is 473 g/mol. The molecule has 168 valence electrons. The molecule has 0 heterocycles. The number of hydrogen-bond donors (Lipinski definition) is 2. The lowest BCUT2D eigenvalue weighted by Gasteiger charge is -2.20. The van der Waals surface area contributed by atoms with Gasteiger partial charge in [0.05, 0.1) is 7.11 Å². The number of anilines is 1. The summed E-state index contributed by atoms with van der Waals surface area (Å²) in [5, 5.41) is 3.12. The van der Waals surface area contributed by atoms with Crippen LogP contribution in [-0.2, 0) is 27.7 Å². The van der Waals surface area contributed by atoms with Gasteiger partial charge >= 0.3 is 0 Å². The molecule has 0 aliphatic carbocycles. The van der Waals surface area contributed by atoms with E-state index in [-0.39, 0.29) is 22.1 Å². The maximum absolute atomic E-state index is 13.2. The summed E-state index contributed by atoms with van der Waals surface area (Å²) < 4.78 is 34.2. The van der Waals surface area contributed by atoms with Crippen molar-refractivity contribution >= 4 is 33.2 Å². The predicted molar refractivity (Wildman–Crippen MR) is 127 cm³/mol. The minimum Gasteiger partial charge on any atom is -0.495 e. The molecule has 0 aliphatic rings. The maximum atomic E-state index is 13.2. The smallest absolute Gasteiger partial charge is 0.245 e. The first-order valence-electron chi connectivity index (χ1n) is 10.1. The van der Waals surface area contributed by atoms with E-state index in [1.807, 2.05) is 55.5 Å². The summed E-state index contributed by atoms with van der Waals surface area (Å²) in [5.74, 6) is -0.323. The Morgan fingerprint density at radius 1 is 1.03 bits per heavy atom. The summed E-state index contributed by atoms with van der Waals surface area (Å²) in [5.41, 5.74) is 2.42. The molecule has 0 fully saturated rings. The van der Waals surface area contributed by atoms with Crippen LogP contribution in [0.2, 0.25) is 5.02 Å². The molecule has 1 amide bonds. The minimum atomic E-state index is -4.12. The first kappa shape index (κ1) is 23.8. The van der Waals surface area contributed by atoms with Crippen molar-refractivity contribution in [2.24, 2.45) is 0 Å². The zero-order valence-corrected chi connectivity index (χ0v) is 19.4. The molecule has 3 aromatic rings. The van der Waals surface area contributed by atoms with Crippen LogP contribution in [0, 0.1) is 0 Å². The number of ether oxygens (including phenoxy) is 1. The molecule has 32 heavy (non-hydrogen) atoms. The average Bonchev–Trinajstić information content (AvgIpc) is 2.79. The van der Waals surface area contributed by atoms with Gasteiger partial charge in [-0.15, -0.1) is 0 Å². The quantitative estimate of drug-likeness (QED) is 0.482. The number of para-hydroxylation sites is 1. The Labute approximate surface area is 193 Å². The molecule has 2 N–H and O–H groups in total. The normalized spacial score (nSPS) is 12.2. The molecule has 1 atom stereocenters. The number of carbonyl (C=O) groups excluding carboxylic acids is 1. The highest BCUT2D eigenvalue weighted by Crippen LogP contribution is 2.27. The van der Waals surface area contributed by atoms with Gasteiger partial charge in [-0.2, -0.15) is 4.72 Å². The zero-order chi connectivity index (χ0) is 23.1. The molecular formula is C24H25ClN2O4S. The van der Waals surface area contributed by atoms with Crippen LogP contribution in [0.25, 0.3) is 0 Å². The fourth-order valence-corrected chi connectivity index (χ4v) is 4.95. The number of amides is 1. The molecule has 0 aromatic heterocycles. The van der Waals surface area contributed by atoms with Crippen LogP contribution in [0.1, 0.15) is 18.1 Å². The molecule has 0 spiro atoms. The van der Waals surface area contributed by atoms with Gasteiger partial charge in [-0.05, 0) is 48.2 Å². The number of carbonyl (C=O) groups is 1. The van der Waals surface area contributed by atoms with E-state index in [1.165, 1.54) is 25.3 Å². The molecule has 1 unspecified atom stereocenters. The van der Waals surface area contributed by atoms with Crippen LogP contribution in [0.5, 0.6) is 5.75 Å². The Morgan fingerprint density at radius 2 is 1.72 bits per heavy atom. The van der Waals surface area contributed by atoms with Crippen molar-refractivity contribution in [2.45, 2.75) is 30.7 Å². The second kappa shape index (κ2) is 10.6. The summed E-state index contributed by atoms with van der Waals surface area (Å²) in [6.45, 7) is 1.99.